The highest BCUT2D eigenvalue weighted by atomic mass is 35.5. The Hall–Kier alpha value is -3.20. The summed E-state index contributed by atoms with van der Waals surface area (Å²) in [5.41, 5.74) is 0.104. The Morgan fingerprint density at radius 1 is 1.23 bits per heavy atom. The molecule has 35 heavy (non-hydrogen) atoms. The molecule has 1 amide bonds. The van der Waals surface area contributed by atoms with Crippen LogP contribution in [0.4, 0.5) is 8.78 Å². The summed E-state index contributed by atoms with van der Waals surface area (Å²) in [5, 5.41) is 3.05. The van der Waals surface area contributed by atoms with Crippen molar-refractivity contribution in [2.24, 2.45) is 5.92 Å². The van der Waals surface area contributed by atoms with Gasteiger partial charge in [-0.3, -0.25) is 14.0 Å². The lowest BCUT2D eigenvalue weighted by Gasteiger charge is -2.21. The second-order valence-electron chi connectivity index (χ2n) is 9.36. The molecule has 1 N–H and O–H groups in total. The minimum absolute atomic E-state index is 0.153. The van der Waals surface area contributed by atoms with Gasteiger partial charge in [0.25, 0.3) is 5.91 Å². The number of hydrogen-bond donors (Lipinski definition) is 1. The van der Waals surface area contributed by atoms with E-state index in [1.165, 1.54) is 22.7 Å². The zero-order valence-electron chi connectivity index (χ0n) is 20.2. The summed E-state index contributed by atoms with van der Waals surface area (Å²) >= 11 is 6.23. The van der Waals surface area contributed by atoms with Crippen molar-refractivity contribution in [2.45, 2.75) is 53.2 Å². The lowest BCUT2D eigenvalue weighted by molar-refractivity contribution is -0.155. The van der Waals surface area contributed by atoms with Gasteiger partial charge in [0, 0.05) is 25.2 Å². The molecular formula is C25H28ClF2N3O4. The molecule has 0 aliphatic rings. The van der Waals surface area contributed by atoms with Crippen LogP contribution in [0.1, 0.15) is 55.9 Å². The molecule has 0 spiro atoms. The number of benzene rings is 1. The molecule has 2 aromatic heterocycles. The molecule has 0 saturated heterocycles. The number of ether oxygens (including phenoxy) is 2. The minimum Gasteiger partial charge on any atom is -0.485 e. The number of carbonyl (C=O) groups excluding carboxylic acids is 2. The van der Waals surface area contributed by atoms with Gasteiger partial charge in [-0.25, -0.2) is 13.8 Å². The van der Waals surface area contributed by atoms with Gasteiger partial charge in [-0.05, 0) is 45.7 Å². The summed E-state index contributed by atoms with van der Waals surface area (Å²) in [6, 6.07) is 5.01. The predicted molar refractivity (Wildman–Crippen MR) is 128 cm³/mol. The molecule has 10 heteroatoms. The van der Waals surface area contributed by atoms with Crippen molar-refractivity contribution in [3.63, 3.8) is 0 Å². The van der Waals surface area contributed by atoms with E-state index in [0.29, 0.717) is 5.69 Å². The number of hydrogen-bond acceptors (Lipinski definition) is 5. The molecule has 0 aliphatic carbocycles. The van der Waals surface area contributed by atoms with Crippen molar-refractivity contribution in [1.29, 1.82) is 0 Å². The number of carbonyl (C=O) groups is 2. The van der Waals surface area contributed by atoms with E-state index in [2.05, 4.69) is 10.3 Å². The van der Waals surface area contributed by atoms with Gasteiger partial charge in [-0.2, -0.15) is 0 Å². The molecule has 3 aromatic rings. The van der Waals surface area contributed by atoms with Gasteiger partial charge >= 0.3 is 5.97 Å². The third-order valence-corrected chi connectivity index (χ3v) is 5.23. The molecule has 0 fully saturated rings. The molecule has 1 atom stereocenters. The van der Waals surface area contributed by atoms with Crippen LogP contribution >= 0.6 is 11.6 Å². The number of amides is 1. The van der Waals surface area contributed by atoms with Crippen molar-refractivity contribution in [2.75, 3.05) is 6.54 Å². The Kier molecular flexibility index (Phi) is 8.00. The first-order chi connectivity index (χ1) is 16.4. The smallest absolute Gasteiger partial charge is 0.306 e. The first-order valence-electron chi connectivity index (χ1n) is 11.1. The fraction of sp³-hybridized carbons (Fsp3) is 0.400. The highest BCUT2D eigenvalue weighted by molar-refractivity contribution is 6.30. The normalized spacial score (nSPS) is 12.5. The van der Waals surface area contributed by atoms with Gasteiger partial charge in [-0.1, -0.05) is 24.6 Å². The standard InChI is InChI=1S/C25H28ClF2N3O4/c1-14(9-21(32)35-25(3,4)5)11-29-24(33)22-15(2)30-23-20(10-16(26)12-31(22)23)34-13-17-18(27)7-6-8-19(17)28/h6-8,10,12,14H,9,11,13H2,1-5H3,(H,29,33). The summed E-state index contributed by atoms with van der Waals surface area (Å²) in [7, 11) is 0. The number of esters is 1. The Morgan fingerprint density at radius 2 is 1.89 bits per heavy atom. The number of imidazole rings is 1. The largest absolute Gasteiger partial charge is 0.485 e. The average Bonchev–Trinajstić information content (AvgIpc) is 3.05. The SMILES string of the molecule is Cc1nc2c(OCc3c(F)cccc3F)cc(Cl)cn2c1C(=O)NCC(C)CC(=O)OC(C)(C)C. The monoisotopic (exact) mass is 507 g/mol. The molecule has 0 saturated carbocycles. The Balaban J connectivity index is 1.76. The van der Waals surface area contributed by atoms with Gasteiger partial charge in [0.2, 0.25) is 0 Å². The molecule has 1 aromatic carbocycles. The Morgan fingerprint density at radius 3 is 2.51 bits per heavy atom. The summed E-state index contributed by atoms with van der Waals surface area (Å²) in [5.74, 6) is -2.22. The summed E-state index contributed by atoms with van der Waals surface area (Å²) < 4.78 is 40.4. The number of halogens is 3. The third kappa shape index (κ3) is 6.69. The summed E-state index contributed by atoms with van der Waals surface area (Å²) in [6.45, 7) is 8.71. The number of nitrogens with one attached hydrogen (secondary N) is 1. The number of aromatic nitrogens is 2. The number of nitrogens with zero attached hydrogens (tertiary/aromatic N) is 2. The number of fused-ring (bicyclic) bond motifs is 1. The minimum atomic E-state index is -0.733. The van der Waals surface area contributed by atoms with E-state index >= 15 is 0 Å². The first kappa shape index (κ1) is 26.4. The van der Waals surface area contributed by atoms with Crippen LogP contribution in [0.2, 0.25) is 5.02 Å². The van der Waals surface area contributed by atoms with Crippen molar-refractivity contribution >= 4 is 29.1 Å². The van der Waals surface area contributed by atoms with E-state index in [4.69, 9.17) is 21.1 Å². The van der Waals surface area contributed by atoms with Crippen LogP contribution in [0.5, 0.6) is 5.75 Å². The molecular weight excluding hydrogens is 480 g/mol. The van der Waals surface area contributed by atoms with E-state index in [0.717, 1.165) is 12.1 Å². The van der Waals surface area contributed by atoms with Crippen LogP contribution in [0.3, 0.4) is 0 Å². The lowest BCUT2D eigenvalue weighted by atomic mass is 10.1. The zero-order valence-corrected chi connectivity index (χ0v) is 21.0. The van der Waals surface area contributed by atoms with Crippen LogP contribution in [-0.4, -0.2) is 33.4 Å². The summed E-state index contributed by atoms with van der Waals surface area (Å²) in [4.78, 5) is 29.4. The van der Waals surface area contributed by atoms with Crippen molar-refractivity contribution in [1.82, 2.24) is 14.7 Å². The molecule has 2 heterocycles. The van der Waals surface area contributed by atoms with E-state index in [9.17, 15) is 18.4 Å². The van der Waals surface area contributed by atoms with Gasteiger partial charge in [0.05, 0.1) is 16.3 Å². The zero-order chi connectivity index (χ0) is 25.9. The third-order valence-electron chi connectivity index (χ3n) is 5.02. The second kappa shape index (κ2) is 10.6. The lowest BCUT2D eigenvalue weighted by Crippen LogP contribution is -2.32. The van der Waals surface area contributed by atoms with E-state index in [1.54, 1.807) is 27.7 Å². The van der Waals surface area contributed by atoms with Crippen LogP contribution in [0.25, 0.3) is 5.65 Å². The van der Waals surface area contributed by atoms with E-state index < -0.39 is 23.1 Å². The van der Waals surface area contributed by atoms with Crippen LogP contribution in [0, 0.1) is 24.5 Å². The Labute approximate surface area is 207 Å². The van der Waals surface area contributed by atoms with Gasteiger partial charge in [-0.15, -0.1) is 0 Å². The van der Waals surface area contributed by atoms with E-state index in [-0.39, 0.29) is 59.1 Å². The number of pyridine rings is 1. The fourth-order valence-corrected chi connectivity index (χ4v) is 3.68. The van der Waals surface area contributed by atoms with Crippen molar-refractivity contribution in [3.8, 4) is 5.75 Å². The second-order valence-corrected chi connectivity index (χ2v) is 9.79. The quantitative estimate of drug-likeness (QED) is 0.421. The Bertz CT molecular complexity index is 1230. The van der Waals surface area contributed by atoms with E-state index in [1.807, 2.05) is 6.92 Å². The van der Waals surface area contributed by atoms with Crippen molar-refractivity contribution < 1.29 is 27.8 Å². The number of aryl methyl sites for hydroxylation is 1. The van der Waals surface area contributed by atoms with Gasteiger partial charge in [0.1, 0.15) is 29.5 Å². The molecule has 7 nitrogen and oxygen atoms in total. The molecule has 188 valence electrons. The molecule has 3 rings (SSSR count). The van der Waals surface area contributed by atoms with Gasteiger partial charge < -0.3 is 14.8 Å². The predicted octanol–water partition coefficient (Wildman–Crippen LogP) is 5.25. The van der Waals surface area contributed by atoms with Gasteiger partial charge in [0.15, 0.2) is 11.4 Å². The molecule has 1 unspecified atom stereocenters. The molecule has 0 aliphatic heterocycles. The maximum atomic E-state index is 14.0. The summed E-state index contributed by atoms with van der Waals surface area (Å²) in [6.07, 6.45) is 1.66. The highest BCUT2D eigenvalue weighted by Crippen LogP contribution is 2.28. The van der Waals surface area contributed by atoms with Crippen molar-refractivity contribution in [3.05, 3.63) is 64.1 Å². The van der Waals surface area contributed by atoms with Crippen LogP contribution in [0.15, 0.2) is 30.5 Å². The maximum absolute atomic E-state index is 14.0. The van der Waals surface area contributed by atoms with Crippen LogP contribution in [-0.2, 0) is 16.1 Å². The molecule has 0 radical (unpaired) electrons. The highest BCUT2D eigenvalue weighted by Gasteiger charge is 2.22. The fourth-order valence-electron chi connectivity index (χ4n) is 3.49. The topological polar surface area (TPSA) is 81.9 Å². The first-order valence-corrected chi connectivity index (χ1v) is 11.5. The number of rotatable bonds is 8. The van der Waals surface area contributed by atoms with Crippen LogP contribution < -0.4 is 10.1 Å². The maximum Gasteiger partial charge on any atom is 0.306 e. The molecule has 0 bridgehead atoms. The average molecular weight is 508 g/mol.